The molecule has 7 nitrogen and oxygen atoms in total. The van der Waals surface area contributed by atoms with E-state index in [1.165, 1.54) is 12.5 Å². The summed E-state index contributed by atoms with van der Waals surface area (Å²) in [4.78, 5) is 25.2. The van der Waals surface area contributed by atoms with Crippen molar-refractivity contribution in [2.45, 2.75) is 130 Å². The minimum Gasteiger partial charge on any atom is -0.462 e. The fourth-order valence-electron chi connectivity index (χ4n) is 8.65. The molecule has 0 aromatic rings. The van der Waals surface area contributed by atoms with Gasteiger partial charge < -0.3 is 18.9 Å². The van der Waals surface area contributed by atoms with Gasteiger partial charge in [0.2, 0.25) is 0 Å². The lowest BCUT2D eigenvalue weighted by Crippen LogP contribution is -2.57. The molecule has 3 fully saturated rings. The third kappa shape index (κ3) is 5.34. The molecule has 0 heterocycles. The Hall–Kier alpha value is -1.01. The van der Waals surface area contributed by atoms with Crippen LogP contribution in [-0.4, -0.2) is 46.9 Å². The van der Waals surface area contributed by atoms with Gasteiger partial charge in [0, 0.05) is 25.2 Å². The second kappa shape index (κ2) is 10.8. The predicted molar refractivity (Wildman–Crippen MR) is 147 cm³/mol. The van der Waals surface area contributed by atoms with E-state index in [4.69, 9.17) is 13.8 Å². The largest absolute Gasteiger partial charge is 0.462 e. The van der Waals surface area contributed by atoms with Crippen LogP contribution in [0.4, 0.5) is 0 Å². The number of Topliss-reactive ketones (excluding diaryl/α,β-unsaturated/α-hetero) is 1. The predicted octanol–water partition coefficient (Wildman–Crippen LogP) is 6.61. The number of esters is 1. The number of ketones is 1. The van der Waals surface area contributed by atoms with Crippen molar-refractivity contribution in [1.82, 2.24) is 0 Å². The zero-order valence-electron chi connectivity index (χ0n) is 24.5. The molecule has 4 rings (SSSR count). The number of hydrogen-bond donors (Lipinski definition) is 1. The third-order valence-electron chi connectivity index (χ3n) is 10.4. The first kappa shape index (κ1) is 30.0. The smallest absolute Gasteiger partial charge is 0.331 e. The van der Waals surface area contributed by atoms with Gasteiger partial charge in [-0.1, -0.05) is 25.5 Å². The van der Waals surface area contributed by atoms with E-state index >= 15 is 0 Å². The summed E-state index contributed by atoms with van der Waals surface area (Å²) >= 11 is 0. The van der Waals surface area contributed by atoms with E-state index < -0.39 is 18.6 Å². The Morgan fingerprint density at radius 1 is 1.03 bits per heavy atom. The monoisotopic (exact) mass is 552 g/mol. The minimum atomic E-state index is -3.45. The summed E-state index contributed by atoms with van der Waals surface area (Å²) < 4.78 is 30.2. The number of fused-ring (bicyclic) bond motifs is 5. The summed E-state index contributed by atoms with van der Waals surface area (Å²) in [6.45, 7) is 13.2. The zero-order valence-corrected chi connectivity index (χ0v) is 25.4. The van der Waals surface area contributed by atoms with Crippen LogP contribution in [0.3, 0.4) is 0 Å². The molecule has 0 saturated heterocycles. The van der Waals surface area contributed by atoms with Gasteiger partial charge in [0.15, 0.2) is 5.78 Å². The Kier molecular flexibility index (Phi) is 8.48. The van der Waals surface area contributed by atoms with Crippen LogP contribution in [0.15, 0.2) is 11.6 Å². The van der Waals surface area contributed by atoms with E-state index in [1.807, 2.05) is 0 Å². The van der Waals surface area contributed by atoms with Gasteiger partial charge >= 0.3 is 13.6 Å². The summed E-state index contributed by atoms with van der Waals surface area (Å²) in [5.74, 6) is 0.770. The van der Waals surface area contributed by atoms with Gasteiger partial charge in [-0.2, -0.15) is 0 Å². The van der Waals surface area contributed by atoms with Crippen molar-refractivity contribution in [2.75, 3.05) is 6.16 Å². The fraction of sp³-hybridized carbons (Fsp3) is 0.867. The van der Waals surface area contributed by atoms with Gasteiger partial charge in [0.05, 0.1) is 18.4 Å². The van der Waals surface area contributed by atoms with Crippen molar-refractivity contribution in [3.05, 3.63) is 11.6 Å². The molecule has 0 radical (unpaired) electrons. The van der Waals surface area contributed by atoms with Crippen molar-refractivity contribution >= 4 is 19.3 Å². The lowest BCUT2D eigenvalue weighted by atomic mass is 9.46. The summed E-state index contributed by atoms with van der Waals surface area (Å²) in [7, 11) is -3.45. The highest BCUT2D eigenvalue weighted by Gasteiger charge is 2.66. The molecule has 4 aliphatic carbocycles. The number of hydrogen-bond acceptors (Lipinski definition) is 7. The first-order valence-electron chi connectivity index (χ1n) is 14.7. The molecular formula is C30H49O7P. The van der Waals surface area contributed by atoms with Gasteiger partial charge in [-0.3, -0.25) is 14.2 Å². The molecule has 0 amide bonds. The molecule has 7 atom stereocenters. The first-order valence-corrected chi connectivity index (χ1v) is 16.4. The van der Waals surface area contributed by atoms with Crippen LogP contribution in [0.2, 0.25) is 0 Å². The topological polar surface area (TPSA) is 99.1 Å². The van der Waals surface area contributed by atoms with Crippen LogP contribution in [0.25, 0.3) is 0 Å². The second-order valence-corrected chi connectivity index (χ2v) is 15.5. The number of ether oxygens (including phenoxy) is 1. The van der Waals surface area contributed by atoms with Crippen LogP contribution in [-0.2, 0) is 27.9 Å². The maximum absolute atomic E-state index is 13.7. The zero-order chi connectivity index (χ0) is 28.1. The van der Waals surface area contributed by atoms with Gasteiger partial charge in [0.25, 0.3) is 0 Å². The van der Waals surface area contributed by atoms with Crippen molar-refractivity contribution < 1.29 is 33.0 Å². The Bertz CT molecular complexity index is 991. The molecule has 0 bridgehead atoms. The Labute approximate surface area is 229 Å². The molecule has 0 aliphatic heterocycles. The van der Waals surface area contributed by atoms with Crippen molar-refractivity contribution in [3.63, 3.8) is 0 Å². The molecular weight excluding hydrogens is 503 g/mol. The van der Waals surface area contributed by atoms with Crippen LogP contribution in [0, 0.1) is 28.6 Å². The van der Waals surface area contributed by atoms with Gasteiger partial charge in [0.1, 0.15) is 11.7 Å². The fourth-order valence-corrected chi connectivity index (χ4v) is 10.7. The highest BCUT2D eigenvalue weighted by Crippen LogP contribution is 2.67. The quantitative estimate of drug-likeness (QED) is 0.195. The van der Waals surface area contributed by atoms with Crippen LogP contribution >= 0.6 is 7.60 Å². The number of carbonyl (C=O) groups excluding carboxylic acids is 2. The molecule has 0 aromatic carbocycles. The van der Waals surface area contributed by atoms with E-state index in [0.29, 0.717) is 18.3 Å². The number of allylic oxidation sites excluding steroid dienone is 1. The van der Waals surface area contributed by atoms with Crippen molar-refractivity contribution in [2.24, 2.45) is 28.6 Å². The summed E-state index contributed by atoms with van der Waals surface area (Å²) in [5.41, 5.74) is -0.402. The third-order valence-corrected chi connectivity index (χ3v) is 12.6. The molecule has 4 aliphatic rings. The Morgan fingerprint density at radius 2 is 1.66 bits per heavy atom. The van der Waals surface area contributed by atoms with Gasteiger partial charge in [-0.15, -0.1) is 0 Å². The van der Waals surface area contributed by atoms with E-state index in [1.54, 1.807) is 27.7 Å². The highest BCUT2D eigenvalue weighted by atomic mass is 31.2. The standard InChI is InChI=1S/C30H49O7P/c1-19(2)36-38(34,37-20(3)4)17-13-27(32)30(33)16-12-26-24-9-8-22-18-23(35-21(5)31)10-14-28(22,6)25(24)11-15-29(26,30)7/h8,19-20,23-26,33H,9-18H2,1-7H3/t23-,24+,25-,26-,28-,29-,30-/m0/s1. The van der Waals surface area contributed by atoms with E-state index in [2.05, 4.69) is 19.9 Å². The molecule has 8 heteroatoms. The summed E-state index contributed by atoms with van der Waals surface area (Å²) in [5, 5.41) is 12.0. The Morgan fingerprint density at radius 3 is 2.26 bits per heavy atom. The molecule has 0 spiro atoms. The summed E-state index contributed by atoms with van der Waals surface area (Å²) in [6.07, 6.45) is 8.50. The average molecular weight is 553 g/mol. The SMILES string of the molecule is CC(=O)O[C@H]1CC[C@@]2(C)C(=CC[C@@H]3[C@@H]2CC[C@@]2(C)[C@H]3CC[C@]2(O)C(=O)CCP(=O)(OC(C)C)OC(C)C)C1. The summed E-state index contributed by atoms with van der Waals surface area (Å²) in [6, 6.07) is 0. The van der Waals surface area contributed by atoms with E-state index in [0.717, 1.165) is 44.9 Å². The van der Waals surface area contributed by atoms with Crippen molar-refractivity contribution in [1.29, 1.82) is 0 Å². The van der Waals surface area contributed by atoms with E-state index in [-0.39, 0.29) is 54.0 Å². The van der Waals surface area contributed by atoms with Gasteiger partial charge in [-0.05, 0) is 95.8 Å². The average Bonchev–Trinajstić information content (AvgIpc) is 3.08. The van der Waals surface area contributed by atoms with Crippen LogP contribution in [0.5, 0.6) is 0 Å². The molecule has 0 aromatic heterocycles. The lowest BCUT2D eigenvalue weighted by Gasteiger charge is -2.58. The normalized spacial score (nSPS) is 38.8. The molecule has 0 unspecified atom stereocenters. The maximum atomic E-state index is 13.7. The molecule has 38 heavy (non-hydrogen) atoms. The molecule has 1 N–H and O–H groups in total. The maximum Gasteiger partial charge on any atom is 0.331 e. The van der Waals surface area contributed by atoms with E-state index in [9.17, 15) is 19.3 Å². The van der Waals surface area contributed by atoms with Crippen LogP contribution < -0.4 is 0 Å². The van der Waals surface area contributed by atoms with Gasteiger partial charge in [-0.25, -0.2) is 0 Å². The number of rotatable bonds is 9. The number of carbonyl (C=O) groups is 2. The van der Waals surface area contributed by atoms with Crippen molar-refractivity contribution in [3.8, 4) is 0 Å². The highest BCUT2D eigenvalue weighted by molar-refractivity contribution is 7.53. The second-order valence-electron chi connectivity index (χ2n) is 13.4. The Balaban J connectivity index is 1.50. The first-order chi connectivity index (χ1) is 17.6. The molecule has 3 saturated carbocycles. The van der Waals surface area contributed by atoms with Crippen LogP contribution in [0.1, 0.15) is 106 Å². The minimum absolute atomic E-state index is 0.00896. The molecule has 216 valence electrons. The number of aliphatic hydroxyl groups is 1. The lowest BCUT2D eigenvalue weighted by molar-refractivity contribution is -0.162.